The van der Waals surface area contributed by atoms with Crippen LogP contribution in [0.15, 0.2) is 30.9 Å². The van der Waals surface area contributed by atoms with Crippen molar-refractivity contribution in [1.82, 2.24) is 30.0 Å². The van der Waals surface area contributed by atoms with Gasteiger partial charge in [0.05, 0.1) is 18.8 Å². The van der Waals surface area contributed by atoms with Gasteiger partial charge in [0.25, 0.3) is 0 Å². The number of piperidine rings is 1. The van der Waals surface area contributed by atoms with Crippen LogP contribution < -0.4 is 5.32 Å². The van der Waals surface area contributed by atoms with Crippen LogP contribution in [-0.4, -0.2) is 49.9 Å². The molecule has 2 aromatic heterocycles. The number of pyridine rings is 1. The molecule has 3 rings (SSSR count). The zero-order chi connectivity index (χ0) is 19.2. The van der Waals surface area contributed by atoms with Crippen molar-refractivity contribution in [3.05, 3.63) is 42.2 Å². The van der Waals surface area contributed by atoms with Crippen molar-refractivity contribution in [2.45, 2.75) is 45.4 Å². The number of aryl methyl sites for hydroxylation is 1. The Bertz CT molecular complexity index is 725. The van der Waals surface area contributed by atoms with Gasteiger partial charge in [0, 0.05) is 32.5 Å². The number of urea groups is 1. The molecule has 0 bridgehead atoms. The van der Waals surface area contributed by atoms with E-state index in [1.807, 2.05) is 30.3 Å². The minimum atomic E-state index is -0.162. The summed E-state index contributed by atoms with van der Waals surface area (Å²) in [5.74, 6) is 0.991. The molecule has 8 heteroatoms. The first-order valence-electron chi connectivity index (χ1n) is 9.44. The summed E-state index contributed by atoms with van der Waals surface area (Å²) in [6.45, 7) is 6.07. The van der Waals surface area contributed by atoms with Gasteiger partial charge in [0.2, 0.25) is 0 Å². The highest BCUT2D eigenvalue weighted by Gasteiger charge is 2.28. The van der Waals surface area contributed by atoms with Crippen LogP contribution in [0.3, 0.4) is 0 Å². The second-order valence-corrected chi connectivity index (χ2v) is 7.27. The lowest BCUT2D eigenvalue weighted by molar-refractivity contribution is 0.00404. The minimum Gasteiger partial charge on any atom is -0.373 e. The number of amides is 2. The van der Waals surface area contributed by atoms with E-state index >= 15 is 0 Å². The lowest BCUT2D eigenvalue weighted by Crippen LogP contribution is -2.48. The van der Waals surface area contributed by atoms with Gasteiger partial charge < -0.3 is 15.0 Å². The average Bonchev–Trinajstić information content (AvgIpc) is 3.11. The minimum absolute atomic E-state index is 0.0533. The molecule has 0 saturated carbocycles. The first kappa shape index (κ1) is 19.3. The third-order valence-corrected chi connectivity index (χ3v) is 4.91. The molecule has 0 aromatic carbocycles. The number of carbonyl (C=O) groups is 1. The molecule has 1 N–H and O–H groups in total. The highest BCUT2D eigenvalue weighted by molar-refractivity contribution is 5.74. The Hall–Kier alpha value is -2.48. The van der Waals surface area contributed by atoms with Crippen molar-refractivity contribution in [3.8, 4) is 0 Å². The van der Waals surface area contributed by atoms with E-state index in [2.05, 4.69) is 34.2 Å². The predicted molar refractivity (Wildman–Crippen MR) is 101 cm³/mol. The third-order valence-electron chi connectivity index (χ3n) is 4.91. The molecule has 1 saturated heterocycles. The third kappa shape index (κ3) is 5.03. The molecule has 0 unspecified atom stereocenters. The van der Waals surface area contributed by atoms with E-state index in [4.69, 9.17) is 4.74 Å². The second kappa shape index (κ2) is 8.94. The molecule has 1 aliphatic rings. The largest absolute Gasteiger partial charge is 0.373 e. The SMILES string of the molecule is CC(C)[C@@H](NC(=O)N1CCC(OCc2cccnc2)CC1)c1ncnn1C. The van der Waals surface area contributed by atoms with Crippen molar-refractivity contribution in [3.63, 3.8) is 0 Å². The van der Waals surface area contributed by atoms with Gasteiger partial charge in [-0.3, -0.25) is 9.67 Å². The Labute approximate surface area is 159 Å². The maximum Gasteiger partial charge on any atom is 0.317 e. The van der Waals surface area contributed by atoms with Crippen LogP contribution >= 0.6 is 0 Å². The fourth-order valence-electron chi connectivity index (χ4n) is 3.26. The van der Waals surface area contributed by atoms with Crippen molar-refractivity contribution in [2.24, 2.45) is 13.0 Å². The molecular weight excluding hydrogens is 344 g/mol. The predicted octanol–water partition coefficient (Wildman–Crippen LogP) is 2.30. The molecule has 0 aliphatic carbocycles. The lowest BCUT2D eigenvalue weighted by atomic mass is 10.0. The standard InChI is InChI=1S/C19H28N6O2/c1-14(2)17(18-21-13-22-24(18)3)23-19(26)25-9-6-16(7-10-25)27-12-15-5-4-8-20-11-15/h4-5,8,11,13-14,16-17H,6-7,9-10,12H2,1-3H3,(H,23,26)/t17-/m1/s1. The number of ether oxygens (including phenoxy) is 1. The fourth-order valence-corrected chi connectivity index (χ4v) is 3.26. The summed E-state index contributed by atoms with van der Waals surface area (Å²) in [5.41, 5.74) is 1.07. The van der Waals surface area contributed by atoms with Gasteiger partial charge in [-0.05, 0) is 30.4 Å². The number of nitrogens with zero attached hydrogens (tertiary/aromatic N) is 5. The van der Waals surface area contributed by atoms with E-state index in [0.29, 0.717) is 19.7 Å². The van der Waals surface area contributed by atoms with Crippen LogP contribution in [0.1, 0.15) is 44.1 Å². The van der Waals surface area contributed by atoms with Crippen molar-refractivity contribution in [2.75, 3.05) is 13.1 Å². The zero-order valence-electron chi connectivity index (χ0n) is 16.2. The first-order chi connectivity index (χ1) is 13.0. The van der Waals surface area contributed by atoms with Crippen LogP contribution in [0, 0.1) is 5.92 Å². The quantitative estimate of drug-likeness (QED) is 0.841. The van der Waals surface area contributed by atoms with Crippen LogP contribution in [0.2, 0.25) is 0 Å². The van der Waals surface area contributed by atoms with Crippen LogP contribution in [0.5, 0.6) is 0 Å². The van der Waals surface area contributed by atoms with Crippen LogP contribution in [-0.2, 0) is 18.4 Å². The smallest absolute Gasteiger partial charge is 0.317 e. The Morgan fingerprint density at radius 3 is 2.74 bits per heavy atom. The van der Waals surface area contributed by atoms with Gasteiger partial charge in [-0.25, -0.2) is 9.78 Å². The molecule has 27 heavy (non-hydrogen) atoms. The molecular formula is C19H28N6O2. The van der Waals surface area contributed by atoms with Gasteiger partial charge in [-0.2, -0.15) is 5.10 Å². The highest BCUT2D eigenvalue weighted by atomic mass is 16.5. The first-order valence-corrected chi connectivity index (χ1v) is 9.44. The number of nitrogens with one attached hydrogen (secondary N) is 1. The van der Waals surface area contributed by atoms with E-state index in [0.717, 1.165) is 24.2 Å². The molecule has 146 valence electrons. The molecule has 1 aliphatic heterocycles. The Balaban J connectivity index is 1.48. The van der Waals surface area contributed by atoms with Gasteiger partial charge in [0.15, 0.2) is 0 Å². The number of hydrogen-bond donors (Lipinski definition) is 1. The van der Waals surface area contributed by atoms with E-state index in [-0.39, 0.29) is 24.1 Å². The van der Waals surface area contributed by atoms with Gasteiger partial charge >= 0.3 is 6.03 Å². The van der Waals surface area contributed by atoms with Crippen LogP contribution in [0.4, 0.5) is 4.79 Å². The number of aromatic nitrogens is 4. The summed E-state index contributed by atoms with van der Waals surface area (Å²) in [6.07, 6.45) is 6.94. The molecule has 0 spiro atoms. The number of hydrogen-bond acceptors (Lipinski definition) is 5. The molecule has 1 fully saturated rings. The van der Waals surface area contributed by atoms with E-state index in [1.165, 1.54) is 6.33 Å². The Morgan fingerprint density at radius 2 is 2.15 bits per heavy atom. The van der Waals surface area contributed by atoms with Crippen LogP contribution in [0.25, 0.3) is 0 Å². The monoisotopic (exact) mass is 372 g/mol. The van der Waals surface area contributed by atoms with E-state index < -0.39 is 0 Å². The maximum absolute atomic E-state index is 12.7. The van der Waals surface area contributed by atoms with Crippen molar-refractivity contribution in [1.29, 1.82) is 0 Å². The average molecular weight is 372 g/mol. The van der Waals surface area contributed by atoms with E-state index in [1.54, 1.807) is 10.9 Å². The van der Waals surface area contributed by atoms with Gasteiger partial charge in [-0.15, -0.1) is 0 Å². The number of carbonyl (C=O) groups excluding carboxylic acids is 1. The fraction of sp³-hybridized carbons (Fsp3) is 0.579. The highest BCUT2D eigenvalue weighted by Crippen LogP contribution is 2.21. The lowest BCUT2D eigenvalue weighted by Gasteiger charge is -2.33. The summed E-state index contributed by atoms with van der Waals surface area (Å²) in [7, 11) is 1.84. The Morgan fingerprint density at radius 1 is 1.37 bits per heavy atom. The molecule has 2 aromatic rings. The van der Waals surface area contributed by atoms with Gasteiger partial charge in [-0.1, -0.05) is 19.9 Å². The van der Waals surface area contributed by atoms with Crippen molar-refractivity contribution >= 4 is 6.03 Å². The summed E-state index contributed by atoms with van der Waals surface area (Å²) in [5, 5.41) is 7.23. The molecule has 3 heterocycles. The number of rotatable bonds is 6. The zero-order valence-corrected chi connectivity index (χ0v) is 16.2. The summed E-state index contributed by atoms with van der Waals surface area (Å²) in [6, 6.07) is 3.70. The molecule has 0 radical (unpaired) electrons. The normalized spacial score (nSPS) is 16.5. The summed E-state index contributed by atoms with van der Waals surface area (Å²) < 4.78 is 7.68. The number of likely N-dealkylation sites (tertiary alicyclic amines) is 1. The second-order valence-electron chi connectivity index (χ2n) is 7.27. The van der Waals surface area contributed by atoms with Gasteiger partial charge in [0.1, 0.15) is 12.2 Å². The Kier molecular flexibility index (Phi) is 6.39. The summed E-state index contributed by atoms with van der Waals surface area (Å²) in [4.78, 5) is 23.0. The van der Waals surface area contributed by atoms with E-state index in [9.17, 15) is 4.79 Å². The molecule has 8 nitrogen and oxygen atoms in total. The maximum atomic E-state index is 12.7. The summed E-state index contributed by atoms with van der Waals surface area (Å²) >= 11 is 0. The molecule has 1 atom stereocenters. The topological polar surface area (TPSA) is 85.2 Å². The molecule has 2 amide bonds. The van der Waals surface area contributed by atoms with Crippen molar-refractivity contribution < 1.29 is 9.53 Å².